The average molecular weight is 328 g/mol. The van der Waals surface area contributed by atoms with Gasteiger partial charge in [-0.1, -0.05) is 19.4 Å². The minimum atomic E-state index is 0.0553. The lowest BCUT2D eigenvalue weighted by Gasteiger charge is -2.56. The number of Topliss-reactive ketones (excluding diaryl/α,β-unsaturated/α-hetero) is 1. The average Bonchev–Trinajstić information content (AvgIpc) is 3.24. The van der Waals surface area contributed by atoms with Crippen LogP contribution in [-0.4, -0.2) is 23.8 Å². The van der Waals surface area contributed by atoms with Crippen LogP contribution in [0.5, 0.6) is 0 Å². The predicted octanol–water partition coefficient (Wildman–Crippen LogP) is 3.71. The number of allylic oxidation sites excluding steroid dienone is 1. The first-order valence-corrected chi connectivity index (χ1v) is 9.77. The molecule has 0 spiro atoms. The zero-order valence-corrected chi connectivity index (χ0v) is 15.0. The molecule has 130 valence electrons. The monoisotopic (exact) mass is 328 g/mol. The van der Waals surface area contributed by atoms with Crippen LogP contribution in [-0.2, 0) is 14.3 Å². The summed E-state index contributed by atoms with van der Waals surface area (Å²) in [5.74, 6) is 2.70. The van der Waals surface area contributed by atoms with Gasteiger partial charge in [0.2, 0.25) is 0 Å². The van der Waals surface area contributed by atoms with Gasteiger partial charge in [0, 0.05) is 17.8 Å². The van der Waals surface area contributed by atoms with E-state index in [-0.39, 0.29) is 22.9 Å². The molecule has 0 aromatic carbocycles. The van der Waals surface area contributed by atoms with Crippen molar-refractivity contribution in [3.63, 3.8) is 0 Å². The van der Waals surface area contributed by atoms with E-state index >= 15 is 0 Å². The first-order valence-electron chi connectivity index (χ1n) is 9.77. The molecular formula is C21H28O3. The number of carbonyl (C=O) groups excluding carboxylic acids is 2. The lowest BCUT2D eigenvalue weighted by molar-refractivity contribution is -0.127. The second-order valence-corrected chi connectivity index (χ2v) is 9.52. The molecule has 3 heteroatoms. The minimum Gasteiger partial charge on any atom is -0.369 e. The molecule has 0 N–H and O–H groups in total. The van der Waals surface area contributed by atoms with E-state index in [9.17, 15) is 9.59 Å². The van der Waals surface area contributed by atoms with Gasteiger partial charge in [-0.15, -0.1) is 0 Å². The molecular weight excluding hydrogens is 300 g/mol. The maximum Gasteiger partial charge on any atom is 0.155 e. The number of hydrogen-bond donors (Lipinski definition) is 0. The fraction of sp³-hybridized carbons (Fsp3) is 0.810. The van der Waals surface area contributed by atoms with Gasteiger partial charge in [0.25, 0.3) is 0 Å². The van der Waals surface area contributed by atoms with Crippen LogP contribution in [0.3, 0.4) is 0 Å². The zero-order chi connectivity index (χ0) is 16.9. The predicted molar refractivity (Wildman–Crippen MR) is 90.3 cm³/mol. The van der Waals surface area contributed by atoms with Crippen molar-refractivity contribution in [1.29, 1.82) is 0 Å². The second kappa shape index (κ2) is 4.60. The molecule has 0 aromatic rings. The number of hydrogen-bond acceptors (Lipinski definition) is 3. The quantitative estimate of drug-likeness (QED) is 0.689. The van der Waals surface area contributed by atoms with E-state index in [1.54, 1.807) is 6.92 Å². The van der Waals surface area contributed by atoms with Crippen LogP contribution >= 0.6 is 0 Å². The second-order valence-electron chi connectivity index (χ2n) is 9.52. The highest BCUT2D eigenvalue weighted by atomic mass is 16.6. The van der Waals surface area contributed by atoms with Gasteiger partial charge in [-0.3, -0.25) is 9.59 Å². The number of fused-ring (bicyclic) bond motifs is 8. The Balaban J connectivity index is 1.56. The van der Waals surface area contributed by atoms with E-state index < -0.39 is 0 Å². The summed E-state index contributed by atoms with van der Waals surface area (Å²) in [6.45, 7) is 6.51. The van der Waals surface area contributed by atoms with Crippen LogP contribution < -0.4 is 0 Å². The number of rotatable bonds is 1. The van der Waals surface area contributed by atoms with Crippen molar-refractivity contribution < 1.29 is 14.3 Å². The van der Waals surface area contributed by atoms with E-state index in [0.29, 0.717) is 41.8 Å². The third-order valence-electron chi connectivity index (χ3n) is 8.72. The van der Waals surface area contributed by atoms with Gasteiger partial charge in [0.05, 0.1) is 12.2 Å². The Bertz CT molecular complexity index is 664. The molecule has 1 aliphatic heterocycles. The van der Waals surface area contributed by atoms with Gasteiger partial charge in [-0.2, -0.15) is 0 Å². The van der Waals surface area contributed by atoms with Crippen molar-refractivity contribution in [2.45, 2.75) is 71.5 Å². The molecule has 5 rings (SSSR count). The van der Waals surface area contributed by atoms with Gasteiger partial charge in [0.1, 0.15) is 5.78 Å². The molecule has 4 fully saturated rings. The van der Waals surface area contributed by atoms with Crippen molar-refractivity contribution >= 4 is 11.6 Å². The van der Waals surface area contributed by atoms with Crippen LogP contribution in [0, 0.1) is 34.5 Å². The van der Waals surface area contributed by atoms with Crippen LogP contribution in [0.2, 0.25) is 0 Å². The normalized spacial score (nSPS) is 55.0. The highest BCUT2D eigenvalue weighted by Crippen LogP contribution is 2.71. The largest absolute Gasteiger partial charge is 0.369 e. The summed E-state index contributed by atoms with van der Waals surface area (Å²) >= 11 is 0. The highest BCUT2D eigenvalue weighted by Gasteiger charge is 2.73. The standard InChI is InChI=1S/C21H28O3/c1-11(22)15-6-7-16-14-5-4-12-10-13(23)8-9-20(12,2)17(14)18-19(24-18)21(15,16)3/h10,14-19H,4-9H2,1-3H3. The number of ketones is 2. The molecule has 5 aliphatic rings. The summed E-state index contributed by atoms with van der Waals surface area (Å²) in [5, 5.41) is 0. The fourth-order valence-electron chi connectivity index (χ4n) is 7.60. The smallest absolute Gasteiger partial charge is 0.155 e. The Morgan fingerprint density at radius 1 is 1.21 bits per heavy atom. The molecule has 0 bridgehead atoms. The number of carbonyl (C=O) groups is 2. The molecule has 8 atom stereocenters. The van der Waals surface area contributed by atoms with Gasteiger partial charge < -0.3 is 4.74 Å². The van der Waals surface area contributed by atoms with Gasteiger partial charge in [-0.25, -0.2) is 0 Å². The molecule has 0 radical (unpaired) electrons. The lowest BCUT2D eigenvalue weighted by Crippen LogP contribution is -2.55. The van der Waals surface area contributed by atoms with Crippen molar-refractivity contribution in [3.8, 4) is 0 Å². The Hall–Kier alpha value is -0.960. The Kier molecular flexibility index (Phi) is 2.94. The molecule has 0 amide bonds. The summed E-state index contributed by atoms with van der Waals surface area (Å²) in [7, 11) is 0. The fourth-order valence-corrected chi connectivity index (χ4v) is 7.60. The van der Waals surface area contributed by atoms with Crippen molar-refractivity contribution in [1.82, 2.24) is 0 Å². The van der Waals surface area contributed by atoms with E-state index in [0.717, 1.165) is 19.3 Å². The van der Waals surface area contributed by atoms with Crippen LogP contribution in [0.4, 0.5) is 0 Å². The Morgan fingerprint density at radius 3 is 2.75 bits per heavy atom. The summed E-state index contributed by atoms with van der Waals surface area (Å²) in [6, 6.07) is 0. The van der Waals surface area contributed by atoms with E-state index in [1.165, 1.54) is 18.4 Å². The van der Waals surface area contributed by atoms with Crippen LogP contribution in [0.25, 0.3) is 0 Å². The van der Waals surface area contributed by atoms with Crippen molar-refractivity contribution in [2.75, 3.05) is 0 Å². The molecule has 24 heavy (non-hydrogen) atoms. The molecule has 4 aliphatic carbocycles. The van der Waals surface area contributed by atoms with Gasteiger partial charge in [-0.05, 0) is 68.3 Å². The van der Waals surface area contributed by atoms with Crippen molar-refractivity contribution in [2.24, 2.45) is 34.5 Å². The van der Waals surface area contributed by atoms with E-state index in [4.69, 9.17) is 4.74 Å². The van der Waals surface area contributed by atoms with E-state index in [1.807, 2.05) is 6.08 Å². The SMILES string of the molecule is CC(=O)C1CCC2C3CCC4=CC(=O)CCC4(C)C3C3OC3C12C. The number of ether oxygens (including phenoxy) is 1. The lowest BCUT2D eigenvalue weighted by atomic mass is 9.46. The zero-order valence-electron chi connectivity index (χ0n) is 15.0. The summed E-state index contributed by atoms with van der Waals surface area (Å²) in [5.41, 5.74) is 1.59. The maximum absolute atomic E-state index is 12.3. The van der Waals surface area contributed by atoms with Crippen LogP contribution in [0.1, 0.15) is 59.3 Å². The van der Waals surface area contributed by atoms with E-state index in [2.05, 4.69) is 13.8 Å². The molecule has 3 saturated carbocycles. The summed E-state index contributed by atoms with van der Waals surface area (Å²) < 4.78 is 6.32. The molecule has 8 unspecified atom stereocenters. The minimum absolute atomic E-state index is 0.0553. The highest BCUT2D eigenvalue weighted by molar-refractivity contribution is 5.91. The van der Waals surface area contributed by atoms with Gasteiger partial charge >= 0.3 is 0 Å². The summed E-state index contributed by atoms with van der Waals surface area (Å²) in [4.78, 5) is 24.2. The molecule has 0 aromatic heterocycles. The Morgan fingerprint density at radius 2 is 2.00 bits per heavy atom. The Labute approximate surface area is 144 Å². The van der Waals surface area contributed by atoms with Crippen LogP contribution in [0.15, 0.2) is 11.6 Å². The summed E-state index contributed by atoms with van der Waals surface area (Å²) in [6.07, 6.45) is 8.70. The third kappa shape index (κ3) is 1.67. The third-order valence-corrected chi connectivity index (χ3v) is 8.72. The first kappa shape index (κ1) is 15.3. The van der Waals surface area contributed by atoms with Crippen molar-refractivity contribution in [3.05, 3.63) is 11.6 Å². The molecule has 3 nitrogen and oxygen atoms in total. The molecule has 1 saturated heterocycles. The topological polar surface area (TPSA) is 46.7 Å². The molecule has 1 heterocycles. The maximum atomic E-state index is 12.3. The first-order chi connectivity index (χ1) is 11.4. The van der Waals surface area contributed by atoms with Gasteiger partial charge in [0.15, 0.2) is 5.78 Å². The number of epoxide rings is 1.